The maximum atomic E-state index is 11.4. The molecule has 1 aliphatic heterocycles. The van der Waals surface area contributed by atoms with Crippen molar-refractivity contribution in [2.75, 3.05) is 6.61 Å². The second-order valence-electron chi connectivity index (χ2n) is 5.04. The molecule has 0 aliphatic carbocycles. The van der Waals surface area contributed by atoms with Crippen LogP contribution in [0.1, 0.15) is 31.9 Å². The van der Waals surface area contributed by atoms with Crippen molar-refractivity contribution < 1.29 is 9.53 Å². The van der Waals surface area contributed by atoms with Gasteiger partial charge in [-0.1, -0.05) is 32.9 Å². The number of ketones is 1. The average Bonchev–Trinajstić information content (AvgIpc) is 2.15. The molecular weight excluding hydrogens is 188 g/mol. The van der Waals surface area contributed by atoms with Gasteiger partial charge in [0.2, 0.25) is 0 Å². The first-order valence-corrected chi connectivity index (χ1v) is 5.25. The Morgan fingerprint density at radius 2 is 2.00 bits per heavy atom. The van der Waals surface area contributed by atoms with Gasteiger partial charge >= 0.3 is 0 Å². The van der Waals surface area contributed by atoms with E-state index in [1.165, 1.54) is 5.56 Å². The molecule has 1 heterocycles. The Morgan fingerprint density at radius 3 is 2.67 bits per heavy atom. The zero-order valence-corrected chi connectivity index (χ0v) is 9.46. The Bertz CT molecular complexity index is 399. The van der Waals surface area contributed by atoms with Crippen LogP contribution in [0.2, 0.25) is 0 Å². The minimum atomic E-state index is 0.0618. The Kier molecular flexibility index (Phi) is 2.29. The van der Waals surface area contributed by atoms with Gasteiger partial charge in [-0.2, -0.15) is 0 Å². The molecule has 0 bridgehead atoms. The first-order chi connectivity index (χ1) is 6.98. The molecule has 2 rings (SSSR count). The summed E-state index contributed by atoms with van der Waals surface area (Å²) in [4.78, 5) is 11.4. The largest absolute Gasteiger partial charge is 0.486 e. The van der Waals surface area contributed by atoms with Gasteiger partial charge in [0.25, 0.3) is 0 Å². The lowest BCUT2D eigenvalue weighted by atomic mass is 9.82. The maximum absolute atomic E-state index is 11.4. The molecule has 2 nitrogen and oxygen atoms in total. The van der Waals surface area contributed by atoms with Crippen molar-refractivity contribution in [3.63, 3.8) is 0 Å². The van der Waals surface area contributed by atoms with Gasteiger partial charge in [0.1, 0.15) is 12.4 Å². The Hall–Kier alpha value is -1.31. The minimum Gasteiger partial charge on any atom is -0.486 e. The van der Waals surface area contributed by atoms with E-state index in [0.717, 1.165) is 11.3 Å². The molecule has 0 atom stereocenters. The molecule has 0 unspecified atom stereocenters. The van der Waals surface area contributed by atoms with Gasteiger partial charge in [0.05, 0.1) is 0 Å². The van der Waals surface area contributed by atoms with Crippen molar-refractivity contribution in [3.8, 4) is 5.75 Å². The summed E-state index contributed by atoms with van der Waals surface area (Å²) in [5, 5.41) is 0. The van der Waals surface area contributed by atoms with Gasteiger partial charge in [0, 0.05) is 12.0 Å². The maximum Gasteiger partial charge on any atom is 0.174 e. The van der Waals surface area contributed by atoms with Crippen LogP contribution in [0.5, 0.6) is 5.75 Å². The number of rotatable bonds is 0. The van der Waals surface area contributed by atoms with Crippen LogP contribution in [-0.4, -0.2) is 12.4 Å². The summed E-state index contributed by atoms with van der Waals surface area (Å²) in [7, 11) is 0. The molecule has 0 aromatic heterocycles. The molecule has 2 heteroatoms. The van der Waals surface area contributed by atoms with Crippen LogP contribution in [0.3, 0.4) is 0 Å². The fourth-order valence-electron chi connectivity index (χ4n) is 1.99. The predicted octanol–water partition coefficient (Wildman–Crippen LogP) is 2.49. The summed E-state index contributed by atoms with van der Waals surface area (Å²) in [5.41, 5.74) is 2.35. The molecule has 80 valence electrons. The van der Waals surface area contributed by atoms with Gasteiger partial charge in [-0.05, 0) is 17.0 Å². The van der Waals surface area contributed by atoms with E-state index in [9.17, 15) is 4.79 Å². The predicted molar refractivity (Wildman–Crippen MR) is 59.3 cm³/mol. The van der Waals surface area contributed by atoms with E-state index < -0.39 is 0 Å². The standard InChI is InChI=1S/C13H16O2/c1-13(2,3)11-5-4-6-12-10(11)7-9(14)8-15-12/h4-6H,7-8H2,1-3H3. The summed E-state index contributed by atoms with van der Waals surface area (Å²) < 4.78 is 5.42. The molecule has 0 saturated heterocycles. The van der Waals surface area contributed by atoms with Gasteiger partial charge in [-0.15, -0.1) is 0 Å². The van der Waals surface area contributed by atoms with Crippen LogP contribution in [0.25, 0.3) is 0 Å². The van der Waals surface area contributed by atoms with Gasteiger partial charge in [0.15, 0.2) is 5.78 Å². The molecular formula is C13H16O2. The fourth-order valence-corrected chi connectivity index (χ4v) is 1.99. The van der Waals surface area contributed by atoms with E-state index in [0.29, 0.717) is 6.42 Å². The van der Waals surface area contributed by atoms with Crippen molar-refractivity contribution in [2.45, 2.75) is 32.6 Å². The molecule has 0 N–H and O–H groups in total. The lowest BCUT2D eigenvalue weighted by molar-refractivity contribution is -0.121. The highest BCUT2D eigenvalue weighted by Gasteiger charge is 2.25. The zero-order valence-electron chi connectivity index (χ0n) is 9.46. The van der Waals surface area contributed by atoms with E-state index in [1.807, 2.05) is 12.1 Å². The van der Waals surface area contributed by atoms with Crippen molar-refractivity contribution in [3.05, 3.63) is 29.3 Å². The second-order valence-corrected chi connectivity index (χ2v) is 5.04. The lowest BCUT2D eigenvalue weighted by Gasteiger charge is -2.26. The molecule has 0 amide bonds. The SMILES string of the molecule is CC(C)(C)c1cccc2c1CC(=O)CO2. The van der Waals surface area contributed by atoms with E-state index in [4.69, 9.17) is 4.74 Å². The first-order valence-electron chi connectivity index (χ1n) is 5.25. The molecule has 0 spiro atoms. The Labute approximate surface area is 90.3 Å². The van der Waals surface area contributed by atoms with E-state index in [1.54, 1.807) is 0 Å². The summed E-state index contributed by atoms with van der Waals surface area (Å²) in [6, 6.07) is 6.02. The highest BCUT2D eigenvalue weighted by molar-refractivity contribution is 5.85. The van der Waals surface area contributed by atoms with Crippen molar-refractivity contribution >= 4 is 5.78 Å². The minimum absolute atomic E-state index is 0.0618. The third kappa shape index (κ3) is 1.89. The Morgan fingerprint density at radius 1 is 1.27 bits per heavy atom. The van der Waals surface area contributed by atoms with Crippen molar-refractivity contribution in [1.82, 2.24) is 0 Å². The average molecular weight is 204 g/mol. The lowest BCUT2D eigenvalue weighted by Crippen LogP contribution is -2.24. The Balaban J connectivity index is 2.53. The van der Waals surface area contributed by atoms with E-state index in [-0.39, 0.29) is 17.8 Å². The van der Waals surface area contributed by atoms with Crippen LogP contribution in [0.15, 0.2) is 18.2 Å². The van der Waals surface area contributed by atoms with Gasteiger partial charge in [-0.25, -0.2) is 0 Å². The van der Waals surface area contributed by atoms with Gasteiger partial charge < -0.3 is 4.74 Å². The van der Waals surface area contributed by atoms with Crippen molar-refractivity contribution in [2.24, 2.45) is 0 Å². The highest BCUT2D eigenvalue weighted by atomic mass is 16.5. The number of fused-ring (bicyclic) bond motifs is 1. The number of Topliss-reactive ketones (excluding diaryl/α,β-unsaturated/α-hetero) is 1. The molecule has 0 radical (unpaired) electrons. The third-order valence-electron chi connectivity index (χ3n) is 2.70. The number of hydrogen-bond acceptors (Lipinski definition) is 2. The number of benzene rings is 1. The van der Waals surface area contributed by atoms with Gasteiger partial charge in [-0.3, -0.25) is 4.79 Å². The van der Waals surface area contributed by atoms with Crippen LogP contribution in [0, 0.1) is 0 Å². The smallest absolute Gasteiger partial charge is 0.174 e. The molecule has 1 aromatic carbocycles. The quantitative estimate of drug-likeness (QED) is 0.649. The van der Waals surface area contributed by atoms with Crippen LogP contribution in [-0.2, 0) is 16.6 Å². The summed E-state index contributed by atoms with van der Waals surface area (Å²) in [5.74, 6) is 1.04. The number of hydrogen-bond donors (Lipinski definition) is 0. The van der Waals surface area contributed by atoms with E-state index >= 15 is 0 Å². The summed E-state index contributed by atoms with van der Waals surface area (Å²) >= 11 is 0. The third-order valence-corrected chi connectivity index (χ3v) is 2.70. The normalized spacial score (nSPS) is 15.8. The summed E-state index contributed by atoms with van der Waals surface area (Å²) in [6.45, 7) is 6.69. The molecule has 15 heavy (non-hydrogen) atoms. The monoisotopic (exact) mass is 204 g/mol. The summed E-state index contributed by atoms with van der Waals surface area (Å²) in [6.07, 6.45) is 0.517. The number of carbonyl (C=O) groups is 1. The molecule has 1 aromatic rings. The topological polar surface area (TPSA) is 26.3 Å². The second kappa shape index (κ2) is 3.37. The van der Waals surface area contributed by atoms with Crippen LogP contribution >= 0.6 is 0 Å². The fraction of sp³-hybridized carbons (Fsp3) is 0.462. The number of ether oxygens (including phenoxy) is 1. The first kappa shape index (κ1) is 10.2. The molecule has 0 fully saturated rings. The van der Waals surface area contributed by atoms with Crippen LogP contribution < -0.4 is 4.74 Å². The molecule has 0 saturated carbocycles. The zero-order chi connectivity index (χ0) is 11.1. The molecule has 1 aliphatic rings. The van der Waals surface area contributed by atoms with Crippen molar-refractivity contribution in [1.29, 1.82) is 0 Å². The number of carbonyl (C=O) groups excluding carboxylic acids is 1. The van der Waals surface area contributed by atoms with E-state index in [2.05, 4.69) is 26.8 Å². The van der Waals surface area contributed by atoms with Crippen LogP contribution in [0.4, 0.5) is 0 Å². The highest BCUT2D eigenvalue weighted by Crippen LogP contribution is 2.33.